The second-order valence-electron chi connectivity index (χ2n) is 7.73. The van der Waals surface area contributed by atoms with Gasteiger partial charge >= 0.3 is 0 Å². The Kier molecular flexibility index (Phi) is 5.95. The molecule has 6 heteroatoms. The summed E-state index contributed by atoms with van der Waals surface area (Å²) in [4.78, 5) is 9.44. The first-order chi connectivity index (χ1) is 14.6. The van der Waals surface area contributed by atoms with Crippen LogP contribution in [-0.2, 0) is 6.61 Å². The number of methoxy groups -OCH3 is 2. The number of aryl methyl sites for hydroxylation is 1. The summed E-state index contributed by atoms with van der Waals surface area (Å²) in [6.45, 7) is 6.49. The zero-order valence-electron chi connectivity index (χ0n) is 18.1. The molecule has 0 amide bonds. The summed E-state index contributed by atoms with van der Waals surface area (Å²) in [5.74, 6) is 2.53. The van der Waals surface area contributed by atoms with Crippen LogP contribution in [0, 0.1) is 6.92 Å². The molecule has 2 aromatic carbocycles. The van der Waals surface area contributed by atoms with Crippen LogP contribution in [0.15, 0.2) is 42.5 Å². The van der Waals surface area contributed by atoms with E-state index in [0.29, 0.717) is 6.61 Å². The molecule has 1 fully saturated rings. The lowest BCUT2D eigenvalue weighted by atomic mass is 10.1. The molecule has 30 heavy (non-hydrogen) atoms. The van der Waals surface area contributed by atoms with E-state index < -0.39 is 0 Å². The van der Waals surface area contributed by atoms with E-state index in [1.165, 1.54) is 0 Å². The monoisotopic (exact) mass is 407 g/mol. The number of fused-ring (bicyclic) bond motifs is 1. The van der Waals surface area contributed by atoms with E-state index >= 15 is 0 Å². The standard InChI is InChI=1S/C24H29N3O3/c1-17-13-23(30-16-18-5-7-19(28-3)8-6-18)20-14-22(24(29-4)15-21(20)25-17)27-11-9-26(2)10-12-27/h5-8,13-15H,9-12,16H2,1-4H3. The summed E-state index contributed by atoms with van der Waals surface area (Å²) in [5, 5.41) is 1.00. The normalized spacial score (nSPS) is 14.7. The Morgan fingerprint density at radius 3 is 2.30 bits per heavy atom. The highest BCUT2D eigenvalue weighted by Crippen LogP contribution is 2.37. The minimum absolute atomic E-state index is 0.485. The second kappa shape index (κ2) is 8.79. The van der Waals surface area contributed by atoms with Crippen molar-refractivity contribution in [1.29, 1.82) is 0 Å². The van der Waals surface area contributed by atoms with Gasteiger partial charge in [-0.15, -0.1) is 0 Å². The van der Waals surface area contributed by atoms with E-state index in [4.69, 9.17) is 19.2 Å². The Bertz CT molecular complexity index is 1010. The van der Waals surface area contributed by atoms with E-state index in [1.54, 1.807) is 14.2 Å². The summed E-state index contributed by atoms with van der Waals surface area (Å²) in [5.41, 5.74) is 3.99. The van der Waals surface area contributed by atoms with Crippen molar-refractivity contribution >= 4 is 16.6 Å². The van der Waals surface area contributed by atoms with Gasteiger partial charge in [0.15, 0.2) is 0 Å². The van der Waals surface area contributed by atoms with E-state index in [2.05, 4.69) is 22.9 Å². The first-order valence-electron chi connectivity index (χ1n) is 10.3. The zero-order chi connectivity index (χ0) is 21.1. The number of piperazine rings is 1. The molecule has 0 saturated carbocycles. The summed E-state index contributed by atoms with van der Waals surface area (Å²) in [7, 11) is 5.55. The molecule has 2 heterocycles. The lowest BCUT2D eigenvalue weighted by molar-refractivity contribution is 0.308. The largest absolute Gasteiger partial charge is 0.497 e. The molecule has 158 valence electrons. The molecular formula is C24H29N3O3. The van der Waals surface area contributed by atoms with Gasteiger partial charge in [0, 0.05) is 49.4 Å². The van der Waals surface area contributed by atoms with E-state index in [-0.39, 0.29) is 0 Å². The van der Waals surface area contributed by atoms with Crippen LogP contribution < -0.4 is 19.1 Å². The fourth-order valence-electron chi connectivity index (χ4n) is 3.80. The molecule has 0 bridgehead atoms. The quantitative estimate of drug-likeness (QED) is 0.618. The maximum absolute atomic E-state index is 6.24. The van der Waals surface area contributed by atoms with Crippen LogP contribution in [-0.4, -0.2) is 57.3 Å². The Hall–Kier alpha value is -2.99. The minimum atomic E-state index is 0.485. The van der Waals surface area contributed by atoms with Gasteiger partial charge in [0.2, 0.25) is 0 Å². The van der Waals surface area contributed by atoms with Gasteiger partial charge in [-0.2, -0.15) is 0 Å². The molecule has 0 radical (unpaired) electrons. The van der Waals surface area contributed by atoms with Crippen LogP contribution in [0.1, 0.15) is 11.3 Å². The molecule has 0 atom stereocenters. The highest BCUT2D eigenvalue weighted by Gasteiger charge is 2.20. The molecule has 6 nitrogen and oxygen atoms in total. The van der Waals surface area contributed by atoms with Crippen molar-refractivity contribution in [2.24, 2.45) is 0 Å². The van der Waals surface area contributed by atoms with Crippen LogP contribution in [0.25, 0.3) is 10.9 Å². The third-order valence-electron chi connectivity index (χ3n) is 5.60. The predicted molar refractivity (Wildman–Crippen MR) is 120 cm³/mol. The summed E-state index contributed by atoms with van der Waals surface area (Å²) in [6, 6.07) is 14.1. The Labute approximate surface area is 178 Å². The van der Waals surface area contributed by atoms with Crippen LogP contribution >= 0.6 is 0 Å². The number of hydrogen-bond acceptors (Lipinski definition) is 6. The summed E-state index contributed by atoms with van der Waals surface area (Å²) >= 11 is 0. The molecular weight excluding hydrogens is 378 g/mol. The van der Waals surface area contributed by atoms with Crippen molar-refractivity contribution in [3.63, 3.8) is 0 Å². The zero-order valence-corrected chi connectivity index (χ0v) is 18.1. The fraction of sp³-hybridized carbons (Fsp3) is 0.375. The third kappa shape index (κ3) is 4.28. The average Bonchev–Trinajstić information content (AvgIpc) is 2.77. The van der Waals surface area contributed by atoms with Gasteiger partial charge in [-0.05, 0) is 37.7 Å². The predicted octanol–water partition coefficient (Wildman–Crippen LogP) is 3.89. The molecule has 0 aliphatic carbocycles. The molecule has 0 spiro atoms. The minimum Gasteiger partial charge on any atom is -0.497 e. The number of benzene rings is 2. The molecule has 1 aromatic heterocycles. The van der Waals surface area contributed by atoms with Crippen molar-refractivity contribution in [3.8, 4) is 17.2 Å². The Morgan fingerprint density at radius 1 is 0.900 bits per heavy atom. The van der Waals surface area contributed by atoms with Crippen LogP contribution in [0.2, 0.25) is 0 Å². The van der Waals surface area contributed by atoms with Gasteiger partial charge < -0.3 is 24.0 Å². The molecule has 1 aliphatic heterocycles. The van der Waals surface area contributed by atoms with Gasteiger partial charge in [0.05, 0.1) is 25.4 Å². The van der Waals surface area contributed by atoms with Crippen LogP contribution in [0.5, 0.6) is 17.2 Å². The smallest absolute Gasteiger partial charge is 0.144 e. The number of likely N-dealkylation sites (N-methyl/N-ethyl adjacent to an activating group) is 1. The maximum atomic E-state index is 6.24. The molecule has 1 saturated heterocycles. The number of rotatable bonds is 6. The highest BCUT2D eigenvalue weighted by molar-refractivity contribution is 5.91. The number of pyridine rings is 1. The summed E-state index contributed by atoms with van der Waals surface area (Å²) < 4.78 is 17.2. The SMILES string of the molecule is COc1ccc(COc2cc(C)nc3cc(OC)c(N4CCN(C)CC4)cc23)cc1. The first-order valence-corrected chi connectivity index (χ1v) is 10.3. The number of nitrogens with zero attached hydrogens (tertiary/aromatic N) is 3. The molecule has 3 aromatic rings. The van der Waals surface area contributed by atoms with Gasteiger partial charge in [-0.1, -0.05) is 12.1 Å². The van der Waals surface area contributed by atoms with Crippen molar-refractivity contribution in [2.75, 3.05) is 52.3 Å². The maximum Gasteiger partial charge on any atom is 0.144 e. The van der Waals surface area contributed by atoms with Gasteiger partial charge in [0.1, 0.15) is 23.9 Å². The van der Waals surface area contributed by atoms with Gasteiger partial charge in [-0.25, -0.2) is 0 Å². The van der Waals surface area contributed by atoms with Crippen molar-refractivity contribution < 1.29 is 14.2 Å². The summed E-state index contributed by atoms with van der Waals surface area (Å²) in [6.07, 6.45) is 0. The molecule has 1 aliphatic rings. The lowest BCUT2D eigenvalue weighted by Gasteiger charge is -2.35. The number of ether oxygens (including phenoxy) is 3. The Balaban J connectivity index is 1.66. The third-order valence-corrected chi connectivity index (χ3v) is 5.60. The second-order valence-corrected chi connectivity index (χ2v) is 7.73. The van der Waals surface area contributed by atoms with Crippen LogP contribution in [0.3, 0.4) is 0 Å². The number of anilines is 1. The van der Waals surface area contributed by atoms with Gasteiger partial charge in [-0.3, -0.25) is 4.98 Å². The van der Waals surface area contributed by atoms with E-state index in [1.807, 2.05) is 43.3 Å². The molecule has 4 rings (SSSR count). The highest BCUT2D eigenvalue weighted by atomic mass is 16.5. The number of hydrogen-bond donors (Lipinski definition) is 0. The molecule has 0 N–H and O–H groups in total. The number of aromatic nitrogens is 1. The lowest BCUT2D eigenvalue weighted by Crippen LogP contribution is -2.44. The van der Waals surface area contributed by atoms with E-state index in [9.17, 15) is 0 Å². The van der Waals surface area contributed by atoms with Gasteiger partial charge in [0.25, 0.3) is 0 Å². The van der Waals surface area contributed by atoms with Crippen molar-refractivity contribution in [1.82, 2.24) is 9.88 Å². The van der Waals surface area contributed by atoms with Crippen molar-refractivity contribution in [3.05, 3.63) is 53.7 Å². The fourth-order valence-corrected chi connectivity index (χ4v) is 3.80. The topological polar surface area (TPSA) is 47.1 Å². The molecule has 0 unspecified atom stereocenters. The average molecular weight is 408 g/mol. The first kappa shape index (κ1) is 20.3. The van der Waals surface area contributed by atoms with Crippen LogP contribution in [0.4, 0.5) is 5.69 Å². The Morgan fingerprint density at radius 2 is 1.63 bits per heavy atom. The van der Waals surface area contributed by atoms with Crippen molar-refractivity contribution in [2.45, 2.75) is 13.5 Å². The van der Waals surface area contributed by atoms with E-state index in [0.717, 1.165) is 71.3 Å².